The first kappa shape index (κ1) is 18.3. The summed E-state index contributed by atoms with van der Waals surface area (Å²) in [4.78, 5) is 11.9. The van der Waals surface area contributed by atoms with Gasteiger partial charge in [-0.05, 0) is 23.8 Å². The lowest BCUT2D eigenvalue weighted by atomic mass is 10.1. The Morgan fingerprint density at radius 3 is 2.31 bits per heavy atom. The number of cyclic esters (lactones) is 1. The van der Waals surface area contributed by atoms with E-state index in [0.717, 1.165) is 10.5 Å². The van der Waals surface area contributed by atoms with Crippen molar-refractivity contribution in [2.75, 3.05) is 14.2 Å². The van der Waals surface area contributed by atoms with E-state index >= 15 is 0 Å². The van der Waals surface area contributed by atoms with Crippen LogP contribution < -0.4 is 0 Å². The van der Waals surface area contributed by atoms with Crippen LogP contribution in [-0.2, 0) is 19.0 Å². The van der Waals surface area contributed by atoms with Crippen molar-refractivity contribution in [3.05, 3.63) is 84.1 Å². The van der Waals surface area contributed by atoms with Gasteiger partial charge in [0.15, 0.2) is 5.76 Å². The molecule has 0 aromatic heterocycles. The van der Waals surface area contributed by atoms with Gasteiger partial charge in [0.25, 0.3) is 0 Å². The normalized spacial score (nSPS) is 20.7. The number of carbonyl (C=O) groups is 1. The Labute approximate surface area is 157 Å². The zero-order valence-corrected chi connectivity index (χ0v) is 15.4. The molecule has 0 fully saturated rings. The molecule has 0 saturated heterocycles. The van der Waals surface area contributed by atoms with Crippen molar-refractivity contribution in [2.24, 2.45) is 0 Å². The van der Waals surface area contributed by atoms with Gasteiger partial charge >= 0.3 is 5.97 Å². The first-order valence-corrected chi connectivity index (χ1v) is 8.99. The number of esters is 1. The average molecular weight is 368 g/mol. The van der Waals surface area contributed by atoms with Crippen LogP contribution in [0.4, 0.5) is 0 Å². The Balaban J connectivity index is 1.97. The van der Waals surface area contributed by atoms with Crippen molar-refractivity contribution in [1.82, 2.24) is 0 Å². The van der Waals surface area contributed by atoms with E-state index in [-0.39, 0.29) is 0 Å². The quantitative estimate of drug-likeness (QED) is 0.682. The molecule has 5 heteroatoms. The molecule has 2 atom stereocenters. The van der Waals surface area contributed by atoms with Crippen LogP contribution in [0.1, 0.15) is 5.56 Å². The smallest absolute Gasteiger partial charge is 0.336 e. The third-order valence-corrected chi connectivity index (χ3v) is 5.30. The summed E-state index contributed by atoms with van der Waals surface area (Å²) < 4.78 is 16.9. The number of methoxy groups -OCH3 is 2. The van der Waals surface area contributed by atoms with Crippen molar-refractivity contribution in [1.29, 1.82) is 0 Å². The minimum atomic E-state index is -1.12. The maximum Gasteiger partial charge on any atom is 0.336 e. The Bertz CT molecular complexity index is 801. The lowest BCUT2D eigenvalue weighted by Gasteiger charge is -2.34. The van der Waals surface area contributed by atoms with Gasteiger partial charge in [0, 0.05) is 12.0 Å². The average Bonchev–Trinajstić information content (AvgIpc) is 3.00. The van der Waals surface area contributed by atoms with Crippen LogP contribution in [0, 0.1) is 0 Å². The van der Waals surface area contributed by atoms with E-state index in [0.29, 0.717) is 5.76 Å². The summed E-state index contributed by atoms with van der Waals surface area (Å²) in [5.41, 5.74) is 1.03. The molecule has 26 heavy (non-hydrogen) atoms. The summed E-state index contributed by atoms with van der Waals surface area (Å²) in [7, 11) is 3.12. The number of thioether (sulfide) groups is 1. The lowest BCUT2D eigenvalue weighted by Crippen LogP contribution is -2.42. The highest BCUT2D eigenvalue weighted by Crippen LogP contribution is 2.47. The molecule has 0 bridgehead atoms. The highest BCUT2D eigenvalue weighted by molar-refractivity contribution is 8.00. The molecule has 3 rings (SSSR count). The molecule has 0 unspecified atom stereocenters. The maximum atomic E-state index is 12.0. The van der Waals surface area contributed by atoms with E-state index in [1.165, 1.54) is 24.9 Å². The van der Waals surface area contributed by atoms with Crippen LogP contribution in [0.15, 0.2) is 83.5 Å². The fraction of sp³-hybridized carbons (Fsp3) is 0.190. The molecule has 2 aromatic rings. The molecule has 0 aliphatic carbocycles. The Morgan fingerprint density at radius 2 is 1.69 bits per heavy atom. The number of benzene rings is 2. The fourth-order valence-electron chi connectivity index (χ4n) is 2.75. The molecule has 2 aromatic carbocycles. The highest BCUT2D eigenvalue weighted by atomic mass is 32.2. The summed E-state index contributed by atoms with van der Waals surface area (Å²) in [5.74, 6) is -0.0126. The molecule has 1 aliphatic heterocycles. The monoisotopic (exact) mass is 368 g/mol. The van der Waals surface area contributed by atoms with Crippen LogP contribution in [0.3, 0.4) is 0 Å². The number of carbonyl (C=O) groups excluding carboxylic acids is 1. The number of ether oxygens (including phenoxy) is 3. The Kier molecular flexibility index (Phi) is 5.81. The molecule has 0 amide bonds. The van der Waals surface area contributed by atoms with Crippen molar-refractivity contribution < 1.29 is 19.0 Å². The van der Waals surface area contributed by atoms with Gasteiger partial charge in [0.1, 0.15) is 6.10 Å². The second-order valence-electron chi connectivity index (χ2n) is 5.64. The van der Waals surface area contributed by atoms with Crippen molar-refractivity contribution >= 4 is 23.8 Å². The summed E-state index contributed by atoms with van der Waals surface area (Å²) in [6, 6.07) is 19.6. The molecule has 0 saturated carbocycles. The van der Waals surface area contributed by atoms with Gasteiger partial charge in [-0.2, -0.15) is 0 Å². The van der Waals surface area contributed by atoms with E-state index in [4.69, 9.17) is 14.2 Å². The van der Waals surface area contributed by atoms with Crippen molar-refractivity contribution in [3.63, 3.8) is 0 Å². The highest BCUT2D eigenvalue weighted by Gasteiger charge is 2.52. The molecule has 4 nitrogen and oxygen atoms in total. The maximum absolute atomic E-state index is 12.0. The van der Waals surface area contributed by atoms with Gasteiger partial charge in [-0.1, -0.05) is 66.4 Å². The van der Waals surface area contributed by atoms with E-state index in [1.807, 2.05) is 72.8 Å². The number of hydrogen-bond acceptors (Lipinski definition) is 5. The Hall–Kier alpha value is -2.50. The summed E-state index contributed by atoms with van der Waals surface area (Å²) in [6.45, 7) is 0. The zero-order valence-electron chi connectivity index (χ0n) is 14.6. The molecular weight excluding hydrogens is 348 g/mol. The largest absolute Gasteiger partial charge is 0.495 e. The van der Waals surface area contributed by atoms with E-state index < -0.39 is 17.0 Å². The van der Waals surface area contributed by atoms with E-state index in [9.17, 15) is 4.79 Å². The van der Waals surface area contributed by atoms with Gasteiger partial charge in [-0.15, -0.1) is 0 Å². The molecule has 0 spiro atoms. The molecule has 1 heterocycles. The van der Waals surface area contributed by atoms with Crippen LogP contribution in [0.5, 0.6) is 0 Å². The standard InChI is InChI=1S/C21H20O4S/c1-23-18(14-13-16-9-5-3-6-10-16)21(19(24-2)15-20(22)25-21)26-17-11-7-4-8-12-17/h3-15,18H,1-2H3/b14-13+/t18-,21+/m1/s1. The summed E-state index contributed by atoms with van der Waals surface area (Å²) in [5, 5.41) is 0. The third-order valence-electron chi connectivity index (χ3n) is 3.97. The predicted octanol–water partition coefficient (Wildman–Crippen LogP) is 4.29. The fourth-order valence-corrected chi connectivity index (χ4v) is 4.05. The van der Waals surface area contributed by atoms with Gasteiger partial charge in [-0.3, -0.25) is 0 Å². The van der Waals surface area contributed by atoms with Crippen LogP contribution in [0.2, 0.25) is 0 Å². The lowest BCUT2D eigenvalue weighted by molar-refractivity contribution is -0.146. The van der Waals surface area contributed by atoms with Gasteiger partial charge < -0.3 is 14.2 Å². The zero-order chi connectivity index (χ0) is 18.4. The SMILES string of the molecule is COC1=CC(=O)O[C@]1(Sc1ccccc1)[C@@H](/C=C/c1ccccc1)OC. The van der Waals surface area contributed by atoms with Crippen LogP contribution in [0.25, 0.3) is 6.08 Å². The number of hydrogen-bond donors (Lipinski definition) is 0. The van der Waals surface area contributed by atoms with E-state index in [2.05, 4.69) is 0 Å². The van der Waals surface area contributed by atoms with Gasteiger partial charge in [-0.25, -0.2) is 4.79 Å². The van der Waals surface area contributed by atoms with Crippen LogP contribution in [-0.4, -0.2) is 31.2 Å². The molecule has 134 valence electrons. The Morgan fingerprint density at radius 1 is 1.04 bits per heavy atom. The van der Waals surface area contributed by atoms with Crippen molar-refractivity contribution in [2.45, 2.75) is 15.9 Å². The molecule has 1 aliphatic rings. The van der Waals surface area contributed by atoms with E-state index in [1.54, 1.807) is 7.11 Å². The second-order valence-corrected chi connectivity index (χ2v) is 6.92. The van der Waals surface area contributed by atoms with Crippen molar-refractivity contribution in [3.8, 4) is 0 Å². The molecule has 0 radical (unpaired) electrons. The molecule has 0 N–H and O–H groups in total. The minimum Gasteiger partial charge on any atom is -0.495 e. The topological polar surface area (TPSA) is 44.8 Å². The summed E-state index contributed by atoms with van der Waals surface area (Å²) in [6.07, 6.45) is 4.67. The summed E-state index contributed by atoms with van der Waals surface area (Å²) >= 11 is 1.39. The number of rotatable bonds is 7. The first-order chi connectivity index (χ1) is 12.7. The second kappa shape index (κ2) is 8.25. The van der Waals surface area contributed by atoms with Gasteiger partial charge in [0.05, 0.1) is 13.2 Å². The third kappa shape index (κ3) is 3.84. The van der Waals surface area contributed by atoms with Crippen LogP contribution >= 0.6 is 11.8 Å². The van der Waals surface area contributed by atoms with Gasteiger partial charge in [0.2, 0.25) is 4.93 Å². The first-order valence-electron chi connectivity index (χ1n) is 8.17. The minimum absolute atomic E-state index is 0.431. The predicted molar refractivity (Wildman–Crippen MR) is 102 cm³/mol. The molecular formula is C21H20O4S.